The Morgan fingerprint density at radius 1 is 1.14 bits per heavy atom. The maximum atomic E-state index is 12.5. The van der Waals surface area contributed by atoms with Gasteiger partial charge in [0.25, 0.3) is 5.91 Å². The van der Waals surface area contributed by atoms with Crippen molar-refractivity contribution < 1.29 is 9.59 Å². The number of nitrogens with one attached hydrogen (secondary N) is 2. The van der Waals surface area contributed by atoms with Crippen LogP contribution in [0.4, 0.5) is 0 Å². The van der Waals surface area contributed by atoms with Crippen LogP contribution < -0.4 is 16.6 Å². The number of Topliss-reactive ketones (excluding diaryl/α,β-unsaturated/α-hetero) is 1. The Morgan fingerprint density at radius 2 is 1.79 bits per heavy atom. The van der Waals surface area contributed by atoms with E-state index in [0.717, 1.165) is 51.4 Å². The summed E-state index contributed by atoms with van der Waals surface area (Å²) in [6.07, 6.45) is 8.16. The number of nitrogens with two attached hydrogens (primary N) is 1. The van der Waals surface area contributed by atoms with Crippen molar-refractivity contribution in [3.8, 4) is 0 Å². The van der Waals surface area contributed by atoms with Gasteiger partial charge in [-0.1, -0.05) is 43.2 Å². The van der Waals surface area contributed by atoms with Gasteiger partial charge in [0, 0.05) is 23.0 Å². The Hall–Kier alpha value is -1.76. The van der Waals surface area contributed by atoms with Crippen LogP contribution in [0.1, 0.15) is 56.9 Å². The van der Waals surface area contributed by atoms with E-state index in [9.17, 15) is 9.59 Å². The lowest BCUT2D eigenvalue weighted by Gasteiger charge is -2.49. The topological polar surface area (TPSA) is 87.5 Å². The monoisotopic (exact) mass is 398 g/mol. The number of hydrazine groups is 1. The van der Waals surface area contributed by atoms with Crippen molar-refractivity contribution in [2.24, 2.45) is 17.6 Å². The van der Waals surface area contributed by atoms with E-state index in [4.69, 9.17) is 5.73 Å². The van der Waals surface area contributed by atoms with Crippen LogP contribution in [0.5, 0.6) is 0 Å². The molecule has 0 radical (unpaired) electrons. The van der Waals surface area contributed by atoms with Crippen molar-refractivity contribution in [1.29, 1.82) is 0 Å². The van der Waals surface area contributed by atoms with Gasteiger partial charge in [0.15, 0.2) is 0 Å². The molecule has 4 N–H and O–H groups in total. The first-order valence-electron chi connectivity index (χ1n) is 10.9. The molecule has 1 aromatic carbocycles. The van der Waals surface area contributed by atoms with E-state index in [0.29, 0.717) is 5.92 Å². The molecule has 1 aromatic rings. The van der Waals surface area contributed by atoms with Gasteiger partial charge in [-0.15, -0.1) is 0 Å². The molecule has 4 rings (SSSR count). The molecular weight excluding hydrogens is 364 g/mol. The van der Waals surface area contributed by atoms with Crippen molar-refractivity contribution in [1.82, 2.24) is 15.8 Å². The molecule has 6 heteroatoms. The van der Waals surface area contributed by atoms with Crippen LogP contribution in [0.15, 0.2) is 30.3 Å². The Morgan fingerprint density at radius 3 is 2.34 bits per heavy atom. The van der Waals surface area contributed by atoms with Crippen LogP contribution >= 0.6 is 0 Å². The summed E-state index contributed by atoms with van der Waals surface area (Å²) in [5.74, 6) is -0.928. The minimum atomic E-state index is -0.794. The number of ketones is 1. The lowest BCUT2D eigenvalue weighted by Crippen LogP contribution is -2.53. The van der Waals surface area contributed by atoms with E-state index in [2.05, 4.69) is 60.2 Å². The first-order chi connectivity index (χ1) is 13.9. The minimum Gasteiger partial charge on any atom is -0.363 e. The molecule has 1 unspecified atom stereocenters. The predicted molar refractivity (Wildman–Crippen MR) is 113 cm³/mol. The molecular formula is C23H34N4O2. The van der Waals surface area contributed by atoms with E-state index >= 15 is 0 Å². The highest BCUT2D eigenvalue weighted by Gasteiger charge is 2.50. The lowest BCUT2D eigenvalue weighted by atomic mass is 9.67. The standard InChI is InChI=1S/C23H34N4O2/c1-27(2)23(17-6-4-3-5-7-17)12-10-22(11-13-23)15-19(25-26-22)18(14-16-8-9-16)20(28)21(24)29/h3-7,16,18-19,25-26H,8-15H2,1-2H3,(H2,24,29)/t18?,19-,22?,23?/m0/s1. The fourth-order valence-electron chi connectivity index (χ4n) is 5.57. The van der Waals surface area contributed by atoms with Crippen LogP contribution in [0.3, 0.4) is 0 Å². The van der Waals surface area contributed by atoms with Crippen molar-refractivity contribution in [3.05, 3.63) is 35.9 Å². The smallest absolute Gasteiger partial charge is 0.285 e. The molecule has 1 amide bonds. The van der Waals surface area contributed by atoms with Crippen molar-refractivity contribution in [2.75, 3.05) is 14.1 Å². The summed E-state index contributed by atoms with van der Waals surface area (Å²) >= 11 is 0. The molecule has 3 fully saturated rings. The fourth-order valence-corrected chi connectivity index (χ4v) is 5.57. The number of primary amides is 1. The highest BCUT2D eigenvalue weighted by Crippen LogP contribution is 2.48. The van der Waals surface area contributed by atoms with Crippen LogP contribution in [0, 0.1) is 11.8 Å². The predicted octanol–water partition coefficient (Wildman–Crippen LogP) is 2.09. The minimum absolute atomic E-state index is 0.0146. The molecule has 1 spiro atoms. The molecule has 1 saturated heterocycles. The van der Waals surface area contributed by atoms with E-state index in [-0.39, 0.29) is 23.0 Å². The van der Waals surface area contributed by atoms with Crippen LogP contribution in [-0.4, -0.2) is 42.3 Å². The molecule has 0 aromatic heterocycles. The van der Waals surface area contributed by atoms with E-state index in [1.54, 1.807) is 0 Å². The number of hydrogen-bond donors (Lipinski definition) is 3. The number of carbonyl (C=O) groups excluding carboxylic acids is 2. The highest BCUT2D eigenvalue weighted by atomic mass is 16.2. The molecule has 29 heavy (non-hydrogen) atoms. The zero-order valence-corrected chi connectivity index (χ0v) is 17.6. The van der Waals surface area contributed by atoms with Gasteiger partial charge >= 0.3 is 0 Å². The Balaban J connectivity index is 1.47. The van der Waals surface area contributed by atoms with Gasteiger partial charge < -0.3 is 5.73 Å². The number of carbonyl (C=O) groups is 2. The van der Waals surface area contributed by atoms with Gasteiger partial charge in [0.2, 0.25) is 5.78 Å². The Kier molecular flexibility index (Phi) is 5.53. The van der Waals surface area contributed by atoms with Crippen LogP contribution in [0.25, 0.3) is 0 Å². The number of hydrogen-bond acceptors (Lipinski definition) is 5. The van der Waals surface area contributed by atoms with Gasteiger partial charge in [-0.25, -0.2) is 0 Å². The molecule has 3 aliphatic rings. The summed E-state index contributed by atoms with van der Waals surface area (Å²) in [6, 6.07) is 10.8. The number of benzene rings is 1. The van der Waals surface area contributed by atoms with Gasteiger partial charge in [0.05, 0.1) is 0 Å². The molecule has 158 valence electrons. The normalized spacial score (nSPS) is 33.1. The van der Waals surface area contributed by atoms with Gasteiger partial charge in [-0.3, -0.25) is 25.3 Å². The van der Waals surface area contributed by atoms with E-state index in [1.165, 1.54) is 5.56 Å². The van der Waals surface area contributed by atoms with Crippen molar-refractivity contribution >= 4 is 11.7 Å². The average Bonchev–Trinajstić information content (AvgIpc) is 3.46. The largest absolute Gasteiger partial charge is 0.363 e. The SMILES string of the molecule is CN(C)C1(c2ccccc2)CCC2(CC1)C[C@@H](C(CC1CC1)C(=O)C(N)=O)NN2. The van der Waals surface area contributed by atoms with E-state index < -0.39 is 11.7 Å². The quantitative estimate of drug-likeness (QED) is 0.612. The zero-order valence-electron chi connectivity index (χ0n) is 17.6. The second-order valence-electron chi connectivity index (χ2n) is 9.67. The molecule has 1 aliphatic heterocycles. The zero-order chi connectivity index (χ0) is 20.6. The summed E-state index contributed by atoms with van der Waals surface area (Å²) < 4.78 is 0. The number of amides is 1. The number of rotatable bonds is 7. The Labute approximate surface area is 173 Å². The number of nitrogens with zero attached hydrogens (tertiary/aromatic N) is 1. The van der Waals surface area contributed by atoms with Crippen molar-refractivity contribution in [3.63, 3.8) is 0 Å². The molecule has 0 bridgehead atoms. The average molecular weight is 399 g/mol. The lowest BCUT2D eigenvalue weighted by molar-refractivity contribution is -0.139. The summed E-state index contributed by atoms with van der Waals surface area (Å²) in [7, 11) is 4.34. The fraction of sp³-hybridized carbons (Fsp3) is 0.652. The second kappa shape index (κ2) is 7.82. The first kappa shape index (κ1) is 20.5. The van der Waals surface area contributed by atoms with Gasteiger partial charge in [0.1, 0.15) is 0 Å². The van der Waals surface area contributed by atoms with Crippen molar-refractivity contribution in [2.45, 2.75) is 68.5 Å². The molecule has 6 nitrogen and oxygen atoms in total. The van der Waals surface area contributed by atoms with Crippen LogP contribution in [0.2, 0.25) is 0 Å². The highest BCUT2D eigenvalue weighted by molar-refractivity contribution is 6.36. The summed E-state index contributed by atoms with van der Waals surface area (Å²) in [6.45, 7) is 0. The summed E-state index contributed by atoms with van der Waals surface area (Å²) in [5, 5.41) is 0. The van der Waals surface area contributed by atoms with Crippen LogP contribution in [-0.2, 0) is 15.1 Å². The second-order valence-corrected chi connectivity index (χ2v) is 9.67. The maximum Gasteiger partial charge on any atom is 0.285 e. The summed E-state index contributed by atoms with van der Waals surface area (Å²) in [4.78, 5) is 26.5. The molecule has 1 heterocycles. The van der Waals surface area contributed by atoms with E-state index in [1.807, 2.05) is 0 Å². The summed E-state index contributed by atoms with van der Waals surface area (Å²) in [5.41, 5.74) is 13.7. The third kappa shape index (κ3) is 3.98. The molecule has 2 atom stereocenters. The first-order valence-corrected chi connectivity index (χ1v) is 10.9. The van der Waals surface area contributed by atoms with Gasteiger partial charge in [-0.2, -0.15) is 0 Å². The Bertz CT molecular complexity index is 751. The molecule has 2 saturated carbocycles. The molecule has 2 aliphatic carbocycles. The third-order valence-electron chi connectivity index (χ3n) is 7.68. The maximum absolute atomic E-state index is 12.5. The van der Waals surface area contributed by atoms with Gasteiger partial charge in [-0.05, 0) is 64.1 Å². The third-order valence-corrected chi connectivity index (χ3v) is 7.68.